The van der Waals surface area contributed by atoms with Crippen molar-refractivity contribution in [1.29, 1.82) is 0 Å². The summed E-state index contributed by atoms with van der Waals surface area (Å²) in [6.45, 7) is 0.621. The van der Waals surface area contributed by atoms with Crippen molar-refractivity contribution in [3.05, 3.63) is 17.8 Å². The van der Waals surface area contributed by atoms with Gasteiger partial charge in [-0.15, -0.1) is 0 Å². The third-order valence-electron chi connectivity index (χ3n) is 2.37. The van der Waals surface area contributed by atoms with E-state index in [9.17, 15) is 10.2 Å². The lowest BCUT2D eigenvalue weighted by Crippen LogP contribution is -2.23. The number of nitrogens with two attached hydrogens (primary N) is 2. The van der Waals surface area contributed by atoms with Crippen LogP contribution in [0.2, 0.25) is 0 Å². The summed E-state index contributed by atoms with van der Waals surface area (Å²) >= 11 is 0. The molecule has 0 aliphatic rings. The van der Waals surface area contributed by atoms with Gasteiger partial charge in [-0.05, 0) is 26.1 Å². The lowest BCUT2D eigenvalue weighted by atomic mass is 10.0. The monoisotopic (exact) mass is 226 g/mol. The molecule has 1 rings (SSSR count). The highest BCUT2D eigenvalue weighted by molar-refractivity contribution is 5.58. The zero-order chi connectivity index (χ0) is 12.1. The molecule has 90 valence electrons. The summed E-state index contributed by atoms with van der Waals surface area (Å²) in [5.74, 6) is 0.223. The van der Waals surface area contributed by atoms with Crippen molar-refractivity contribution in [2.24, 2.45) is 0 Å². The van der Waals surface area contributed by atoms with E-state index in [1.165, 1.54) is 12.3 Å². The number of hydrogen-bond donors (Lipinski definition) is 5. The minimum atomic E-state index is -0.997. The normalized spacial score (nSPS) is 14.7. The zero-order valence-corrected chi connectivity index (χ0v) is 9.22. The molecular formula is C10H18N4O2. The number of nitrogens with one attached hydrogen (secondary N) is 1. The fraction of sp³-hybridized carbons (Fsp3) is 0.500. The molecule has 0 aromatic carbocycles. The Morgan fingerprint density at radius 1 is 1.44 bits per heavy atom. The van der Waals surface area contributed by atoms with Crippen molar-refractivity contribution in [1.82, 2.24) is 10.3 Å². The second kappa shape index (κ2) is 5.64. The molecule has 2 atom stereocenters. The van der Waals surface area contributed by atoms with Crippen LogP contribution in [0.5, 0.6) is 0 Å². The van der Waals surface area contributed by atoms with Crippen LogP contribution in [0.3, 0.4) is 0 Å². The van der Waals surface area contributed by atoms with Crippen LogP contribution in [0, 0.1) is 0 Å². The number of hydrogen-bond acceptors (Lipinski definition) is 6. The molecule has 16 heavy (non-hydrogen) atoms. The van der Waals surface area contributed by atoms with Crippen molar-refractivity contribution in [2.75, 3.05) is 25.1 Å². The van der Waals surface area contributed by atoms with E-state index in [1.807, 2.05) is 0 Å². The van der Waals surface area contributed by atoms with Crippen LogP contribution in [0.25, 0.3) is 0 Å². The summed E-state index contributed by atoms with van der Waals surface area (Å²) in [6.07, 6.45) is 0.0157. The van der Waals surface area contributed by atoms with E-state index in [4.69, 9.17) is 11.5 Å². The zero-order valence-electron chi connectivity index (χ0n) is 9.22. The average Bonchev–Trinajstić information content (AvgIpc) is 2.28. The molecule has 1 heterocycles. The molecule has 6 heteroatoms. The number of anilines is 2. The van der Waals surface area contributed by atoms with E-state index in [-0.39, 0.29) is 5.82 Å². The van der Waals surface area contributed by atoms with Gasteiger partial charge in [-0.2, -0.15) is 0 Å². The molecule has 7 N–H and O–H groups in total. The molecule has 0 spiro atoms. The highest BCUT2D eigenvalue weighted by atomic mass is 16.3. The van der Waals surface area contributed by atoms with Crippen molar-refractivity contribution < 1.29 is 10.2 Å². The van der Waals surface area contributed by atoms with Crippen molar-refractivity contribution in [3.63, 3.8) is 0 Å². The third-order valence-corrected chi connectivity index (χ3v) is 2.37. The van der Waals surface area contributed by atoms with Gasteiger partial charge < -0.3 is 27.0 Å². The second-order valence-electron chi connectivity index (χ2n) is 3.65. The fourth-order valence-electron chi connectivity index (χ4n) is 1.34. The highest BCUT2D eigenvalue weighted by Gasteiger charge is 2.18. The number of aromatic nitrogens is 1. The van der Waals surface area contributed by atoms with Crippen LogP contribution in [-0.4, -0.2) is 34.9 Å². The largest absolute Gasteiger partial charge is 0.396 e. The van der Waals surface area contributed by atoms with Gasteiger partial charge >= 0.3 is 0 Å². The van der Waals surface area contributed by atoms with Crippen LogP contribution in [-0.2, 0) is 0 Å². The standard InChI is InChI=1S/C10H18N4O2/c1-13-3-2-8(15)9(16)6-4-7(11)10(12)14-5-6/h4-5,8-9,13,15-16H,2-3,11H2,1H3,(H2,12,14). The van der Waals surface area contributed by atoms with E-state index in [0.717, 1.165) is 0 Å². The Labute approximate surface area is 94.3 Å². The van der Waals surface area contributed by atoms with E-state index in [2.05, 4.69) is 10.3 Å². The van der Waals surface area contributed by atoms with Crippen LogP contribution in [0.1, 0.15) is 18.1 Å². The average molecular weight is 226 g/mol. The number of nitrogen functional groups attached to an aromatic ring is 2. The van der Waals surface area contributed by atoms with E-state index in [1.54, 1.807) is 7.05 Å². The first-order valence-corrected chi connectivity index (χ1v) is 5.08. The molecule has 0 amide bonds. The Balaban J connectivity index is 2.71. The SMILES string of the molecule is CNCCC(O)C(O)c1cnc(N)c(N)c1. The highest BCUT2D eigenvalue weighted by Crippen LogP contribution is 2.22. The first-order chi connectivity index (χ1) is 7.56. The quantitative estimate of drug-likeness (QED) is 0.451. The van der Waals surface area contributed by atoms with Crippen LogP contribution in [0.4, 0.5) is 11.5 Å². The molecule has 0 saturated carbocycles. The lowest BCUT2D eigenvalue weighted by molar-refractivity contribution is 0.0139. The molecular weight excluding hydrogens is 208 g/mol. The number of aliphatic hydroxyl groups is 2. The Bertz CT molecular complexity index is 346. The summed E-state index contributed by atoms with van der Waals surface area (Å²) in [5.41, 5.74) is 11.8. The topological polar surface area (TPSA) is 117 Å². The molecule has 0 aliphatic heterocycles. The smallest absolute Gasteiger partial charge is 0.146 e. The van der Waals surface area contributed by atoms with E-state index < -0.39 is 12.2 Å². The molecule has 0 bridgehead atoms. The van der Waals surface area contributed by atoms with Gasteiger partial charge in [0, 0.05) is 11.8 Å². The second-order valence-corrected chi connectivity index (χ2v) is 3.65. The summed E-state index contributed by atoms with van der Waals surface area (Å²) in [5, 5.41) is 22.4. The van der Waals surface area contributed by atoms with Gasteiger partial charge in [-0.3, -0.25) is 0 Å². The minimum absolute atomic E-state index is 0.223. The molecule has 2 unspecified atom stereocenters. The Morgan fingerprint density at radius 3 is 2.69 bits per heavy atom. The van der Waals surface area contributed by atoms with Gasteiger partial charge in [0.15, 0.2) is 0 Å². The van der Waals surface area contributed by atoms with Gasteiger partial charge in [0.05, 0.1) is 11.8 Å². The predicted molar refractivity (Wildman–Crippen MR) is 62.6 cm³/mol. The Hall–Kier alpha value is -1.37. The summed E-state index contributed by atoms with van der Waals surface area (Å²) in [4.78, 5) is 3.83. The van der Waals surface area contributed by atoms with Crippen LogP contribution >= 0.6 is 0 Å². The van der Waals surface area contributed by atoms with Gasteiger partial charge in [-0.1, -0.05) is 0 Å². The van der Waals surface area contributed by atoms with Gasteiger partial charge in [0.1, 0.15) is 11.9 Å². The maximum absolute atomic E-state index is 9.82. The maximum atomic E-state index is 9.82. The minimum Gasteiger partial charge on any atom is -0.396 e. The molecule has 0 fully saturated rings. The lowest BCUT2D eigenvalue weighted by Gasteiger charge is -2.18. The predicted octanol–water partition coefficient (Wildman–Crippen LogP) is -0.750. The molecule has 1 aromatic heterocycles. The molecule has 6 nitrogen and oxygen atoms in total. The van der Waals surface area contributed by atoms with Crippen molar-refractivity contribution in [3.8, 4) is 0 Å². The first kappa shape index (κ1) is 12.7. The van der Waals surface area contributed by atoms with Crippen LogP contribution < -0.4 is 16.8 Å². The van der Waals surface area contributed by atoms with Crippen LogP contribution in [0.15, 0.2) is 12.3 Å². The summed E-state index contributed by atoms with van der Waals surface area (Å²) in [6, 6.07) is 1.52. The molecule has 0 aliphatic carbocycles. The number of pyridine rings is 1. The summed E-state index contributed by atoms with van der Waals surface area (Å²) < 4.78 is 0. The van der Waals surface area contributed by atoms with Crippen molar-refractivity contribution in [2.45, 2.75) is 18.6 Å². The van der Waals surface area contributed by atoms with E-state index in [0.29, 0.717) is 24.2 Å². The van der Waals surface area contributed by atoms with Gasteiger partial charge in [0.2, 0.25) is 0 Å². The number of aliphatic hydroxyl groups excluding tert-OH is 2. The third kappa shape index (κ3) is 3.06. The summed E-state index contributed by atoms with van der Waals surface area (Å²) in [7, 11) is 1.78. The molecule has 0 radical (unpaired) electrons. The number of nitrogens with zero attached hydrogens (tertiary/aromatic N) is 1. The van der Waals surface area contributed by atoms with Gasteiger partial charge in [0.25, 0.3) is 0 Å². The van der Waals surface area contributed by atoms with Gasteiger partial charge in [-0.25, -0.2) is 4.98 Å². The maximum Gasteiger partial charge on any atom is 0.146 e. The fourth-order valence-corrected chi connectivity index (χ4v) is 1.34. The van der Waals surface area contributed by atoms with E-state index >= 15 is 0 Å². The number of rotatable bonds is 5. The molecule has 1 aromatic rings. The first-order valence-electron chi connectivity index (χ1n) is 5.08. The Morgan fingerprint density at radius 2 is 2.12 bits per heavy atom. The Kier molecular flexibility index (Phi) is 4.48. The molecule has 0 saturated heterocycles. The van der Waals surface area contributed by atoms with Crippen molar-refractivity contribution >= 4 is 11.5 Å².